The van der Waals surface area contributed by atoms with E-state index in [2.05, 4.69) is 24.3 Å². The van der Waals surface area contributed by atoms with Gasteiger partial charge in [-0.1, -0.05) is 18.2 Å². The van der Waals surface area contributed by atoms with Crippen molar-refractivity contribution < 1.29 is 30.9 Å². The van der Waals surface area contributed by atoms with Crippen LogP contribution in [0.25, 0.3) is 0 Å². The maximum absolute atomic E-state index is 8.63. The summed E-state index contributed by atoms with van der Waals surface area (Å²) in [7, 11) is 0. The molecule has 0 aromatic heterocycles. The van der Waals surface area contributed by atoms with E-state index in [0.717, 1.165) is 12.8 Å². The maximum atomic E-state index is 8.63. The first-order valence-electron chi connectivity index (χ1n) is 5.57. The molecule has 0 atom stereocenters. The molecule has 0 heterocycles. The fourth-order valence-corrected chi connectivity index (χ4v) is 1.11. The van der Waals surface area contributed by atoms with Crippen LogP contribution >= 0.6 is 0 Å². The van der Waals surface area contributed by atoms with Crippen molar-refractivity contribution in [3.8, 4) is 5.75 Å². The second-order valence-corrected chi connectivity index (χ2v) is 3.34. The summed E-state index contributed by atoms with van der Waals surface area (Å²) < 4.78 is 0. The van der Waals surface area contributed by atoms with Crippen LogP contribution < -0.4 is 0 Å². The first-order valence-corrected chi connectivity index (χ1v) is 5.57. The van der Waals surface area contributed by atoms with Gasteiger partial charge in [-0.05, 0) is 12.1 Å². The molecule has 0 bridgehead atoms. The van der Waals surface area contributed by atoms with Crippen LogP contribution in [0.5, 0.6) is 5.75 Å². The van der Waals surface area contributed by atoms with E-state index in [9.17, 15) is 0 Å². The average Bonchev–Trinajstić information content (AvgIpc) is 3.09. The van der Waals surface area contributed by atoms with E-state index in [1.807, 2.05) is 30.4 Å². The van der Waals surface area contributed by atoms with Gasteiger partial charge in [-0.25, -0.2) is 24.3 Å². The summed E-state index contributed by atoms with van der Waals surface area (Å²) >= 11 is 0. The van der Waals surface area contributed by atoms with Gasteiger partial charge in [-0.2, -0.15) is 12.2 Å². The molecule has 3 rings (SSSR count). The van der Waals surface area contributed by atoms with Crippen molar-refractivity contribution in [3.05, 3.63) is 78.9 Å². The number of aromatic hydroxyl groups is 1. The molecule has 92 valence electrons. The number of phenolic OH excluding ortho intramolecular Hbond substituents is 1. The molecule has 2 heteroatoms. The van der Waals surface area contributed by atoms with Crippen molar-refractivity contribution in [1.82, 2.24) is 0 Å². The summed E-state index contributed by atoms with van der Waals surface area (Å²) in [5.41, 5.74) is 0. The van der Waals surface area contributed by atoms with Crippen molar-refractivity contribution in [2.24, 2.45) is 0 Å². The Labute approximate surface area is 128 Å². The molecule has 0 fully saturated rings. The van der Waals surface area contributed by atoms with E-state index < -0.39 is 0 Å². The minimum Gasteiger partial charge on any atom is -0.508 e. The molecule has 0 amide bonds. The fourth-order valence-electron chi connectivity index (χ4n) is 1.11. The Morgan fingerprint density at radius 2 is 1.33 bits per heavy atom. The molecule has 1 N–H and O–H groups in total. The van der Waals surface area contributed by atoms with E-state index in [4.69, 9.17) is 5.11 Å². The first kappa shape index (κ1) is 16.9. The third-order valence-corrected chi connectivity index (χ3v) is 1.93. The van der Waals surface area contributed by atoms with Crippen LogP contribution in [0.15, 0.2) is 66.8 Å². The van der Waals surface area contributed by atoms with Crippen LogP contribution in [0.4, 0.5) is 0 Å². The van der Waals surface area contributed by atoms with Gasteiger partial charge in [0.05, 0.1) is 0 Å². The van der Waals surface area contributed by atoms with Gasteiger partial charge in [-0.15, -0.1) is 12.8 Å². The van der Waals surface area contributed by atoms with Crippen LogP contribution in [-0.2, 0) is 25.8 Å². The maximum Gasteiger partial charge on any atom is 0.115 e. The summed E-state index contributed by atoms with van der Waals surface area (Å²) in [5.74, 6) is 0.322. The molecule has 0 saturated heterocycles. The van der Waals surface area contributed by atoms with Gasteiger partial charge in [0.25, 0.3) is 0 Å². The van der Waals surface area contributed by atoms with Crippen molar-refractivity contribution in [2.75, 3.05) is 0 Å². The molecular formula is C16H16HfO-2. The molecule has 0 radical (unpaired) electrons. The molecule has 18 heavy (non-hydrogen) atoms. The van der Waals surface area contributed by atoms with Gasteiger partial charge in [0.2, 0.25) is 0 Å². The Balaban J connectivity index is 0.000000239. The molecule has 2 aliphatic rings. The monoisotopic (exact) mass is 404 g/mol. The molecule has 0 saturated carbocycles. The van der Waals surface area contributed by atoms with Crippen LogP contribution in [0.2, 0.25) is 0 Å². The Morgan fingerprint density at radius 3 is 1.50 bits per heavy atom. The van der Waals surface area contributed by atoms with Crippen molar-refractivity contribution >= 4 is 0 Å². The summed E-state index contributed by atoms with van der Waals surface area (Å²) in [6, 6.07) is 8.71. The first-order chi connectivity index (χ1) is 8.39. The normalized spacial score (nSPS) is 13.1. The fraction of sp³-hybridized carbons (Fsp3) is 0.125. The summed E-state index contributed by atoms with van der Waals surface area (Å²) in [4.78, 5) is 0. The zero-order valence-electron chi connectivity index (χ0n) is 10.2. The number of phenols is 1. The number of hydrogen-bond donors (Lipinski definition) is 1. The SMILES string of the molecule is Oc1ccccc1.[C-]1=CC=CC1.[C-]1=CC=CC1.[Hf]. The van der Waals surface area contributed by atoms with Crippen molar-refractivity contribution in [3.63, 3.8) is 0 Å². The van der Waals surface area contributed by atoms with Crippen molar-refractivity contribution in [2.45, 2.75) is 12.8 Å². The number of benzene rings is 1. The summed E-state index contributed by atoms with van der Waals surface area (Å²) in [6.07, 6.45) is 20.0. The zero-order valence-corrected chi connectivity index (χ0v) is 13.8. The quantitative estimate of drug-likeness (QED) is 0.514. The standard InChI is InChI=1S/C6H6O.2C5H5.Hf/c7-6-4-2-1-3-5-6;2*1-2-4-5-3-1;/h1-5,7H;2*1-3H,4H2;/q;2*-1;. The second-order valence-electron chi connectivity index (χ2n) is 3.34. The Bertz CT molecular complexity index is 360. The Hall–Kier alpha value is -1.15. The van der Waals surface area contributed by atoms with E-state index in [1.165, 1.54) is 0 Å². The van der Waals surface area contributed by atoms with Crippen LogP contribution in [0, 0.1) is 12.2 Å². The molecule has 1 nitrogen and oxygen atoms in total. The molecule has 0 spiro atoms. The second kappa shape index (κ2) is 12.3. The van der Waals surface area contributed by atoms with Gasteiger partial charge in [0.1, 0.15) is 5.75 Å². The molecule has 1 aromatic carbocycles. The number of rotatable bonds is 0. The average molecular weight is 403 g/mol. The molecular weight excluding hydrogens is 387 g/mol. The van der Waals surface area contributed by atoms with Gasteiger partial charge in [0, 0.05) is 25.8 Å². The third kappa shape index (κ3) is 10.0. The van der Waals surface area contributed by atoms with E-state index >= 15 is 0 Å². The van der Waals surface area contributed by atoms with Gasteiger partial charge in [0.15, 0.2) is 0 Å². The number of allylic oxidation sites excluding steroid dienone is 8. The smallest absolute Gasteiger partial charge is 0.115 e. The van der Waals surface area contributed by atoms with Crippen molar-refractivity contribution in [1.29, 1.82) is 0 Å². The summed E-state index contributed by atoms with van der Waals surface area (Å²) in [6.45, 7) is 0. The predicted octanol–water partition coefficient (Wildman–Crippen LogP) is 4.00. The molecule has 2 aliphatic carbocycles. The Kier molecular flexibility index (Phi) is 11.5. The third-order valence-electron chi connectivity index (χ3n) is 1.93. The summed E-state index contributed by atoms with van der Waals surface area (Å²) in [5, 5.41) is 8.63. The Morgan fingerprint density at radius 1 is 0.833 bits per heavy atom. The zero-order chi connectivity index (χ0) is 12.2. The van der Waals surface area contributed by atoms with Crippen LogP contribution in [0.1, 0.15) is 12.8 Å². The molecule has 0 unspecified atom stereocenters. The number of para-hydroxylation sites is 1. The minimum atomic E-state index is 0. The minimum absolute atomic E-state index is 0. The van der Waals surface area contributed by atoms with E-state index in [-0.39, 0.29) is 25.8 Å². The largest absolute Gasteiger partial charge is 0.508 e. The van der Waals surface area contributed by atoms with Gasteiger partial charge >= 0.3 is 0 Å². The van der Waals surface area contributed by atoms with Crippen LogP contribution in [-0.4, -0.2) is 5.11 Å². The van der Waals surface area contributed by atoms with Gasteiger partial charge in [-0.3, -0.25) is 12.2 Å². The number of hydrogen-bond acceptors (Lipinski definition) is 1. The van der Waals surface area contributed by atoms with E-state index in [0.29, 0.717) is 5.75 Å². The predicted molar refractivity (Wildman–Crippen MR) is 71.2 cm³/mol. The topological polar surface area (TPSA) is 20.2 Å². The van der Waals surface area contributed by atoms with E-state index in [1.54, 1.807) is 24.3 Å². The molecule has 0 aliphatic heterocycles. The van der Waals surface area contributed by atoms with Crippen LogP contribution in [0.3, 0.4) is 0 Å². The molecule has 1 aromatic rings. The van der Waals surface area contributed by atoms with Gasteiger partial charge < -0.3 is 5.11 Å².